The number of rotatable bonds is 4. The molecule has 208 valence electrons. The van der Waals surface area contributed by atoms with Gasteiger partial charge in [0, 0.05) is 43.0 Å². The molecule has 1 aliphatic rings. The lowest BCUT2D eigenvalue weighted by Gasteiger charge is -2.34. The van der Waals surface area contributed by atoms with E-state index in [9.17, 15) is 0 Å². The predicted octanol–water partition coefficient (Wildman–Crippen LogP) is 12.3. The van der Waals surface area contributed by atoms with E-state index in [1.165, 1.54) is 30.9 Å². The van der Waals surface area contributed by atoms with Crippen molar-refractivity contribution in [3.63, 3.8) is 0 Å². The van der Waals surface area contributed by atoms with E-state index in [1.807, 2.05) is 17.4 Å². The van der Waals surface area contributed by atoms with Crippen LogP contribution in [0, 0.1) is 0 Å². The number of ether oxygens (including phenoxy) is 1. The molecule has 44 heavy (non-hydrogen) atoms. The number of hydrogen-bond donors (Lipinski definition) is 0. The Morgan fingerprint density at radius 1 is 0.477 bits per heavy atom. The largest absolute Gasteiger partial charge is 0.453 e. The Labute approximate surface area is 259 Å². The third-order valence-electron chi connectivity index (χ3n) is 8.41. The molecule has 0 saturated heterocycles. The second-order valence-electron chi connectivity index (χ2n) is 11.0. The Balaban J connectivity index is 1.22. The van der Waals surface area contributed by atoms with Crippen molar-refractivity contribution in [3.8, 4) is 11.5 Å². The first-order chi connectivity index (χ1) is 21.8. The maximum atomic E-state index is 6.65. The van der Waals surface area contributed by atoms with Gasteiger partial charge in [0.05, 0.1) is 22.7 Å². The summed E-state index contributed by atoms with van der Waals surface area (Å²) in [6.07, 6.45) is 0. The molecule has 7 aromatic carbocycles. The number of thiophene rings is 1. The van der Waals surface area contributed by atoms with E-state index in [0.29, 0.717) is 0 Å². The highest BCUT2D eigenvalue weighted by Gasteiger charge is 2.27. The molecular formula is C40H26N2OS. The third kappa shape index (κ3) is 3.96. The molecule has 1 aliphatic heterocycles. The van der Waals surface area contributed by atoms with Gasteiger partial charge in [0.1, 0.15) is 0 Å². The van der Waals surface area contributed by atoms with E-state index in [4.69, 9.17) is 4.74 Å². The van der Waals surface area contributed by atoms with Crippen LogP contribution in [0.15, 0.2) is 158 Å². The summed E-state index contributed by atoms with van der Waals surface area (Å²) in [6, 6.07) is 55.9. The smallest absolute Gasteiger partial charge is 0.153 e. The average molecular weight is 583 g/mol. The van der Waals surface area contributed by atoms with Crippen LogP contribution in [0.5, 0.6) is 11.5 Å². The van der Waals surface area contributed by atoms with Gasteiger partial charge in [-0.15, -0.1) is 11.3 Å². The minimum atomic E-state index is 0.818. The van der Waals surface area contributed by atoms with Crippen molar-refractivity contribution < 1.29 is 4.74 Å². The molecule has 0 unspecified atom stereocenters. The van der Waals surface area contributed by atoms with Gasteiger partial charge in [-0.25, -0.2) is 0 Å². The first-order valence-electron chi connectivity index (χ1n) is 14.8. The molecule has 0 bridgehead atoms. The molecule has 4 heteroatoms. The van der Waals surface area contributed by atoms with Crippen LogP contribution in [0.2, 0.25) is 0 Å². The van der Waals surface area contributed by atoms with Crippen molar-refractivity contribution in [1.82, 2.24) is 0 Å². The minimum Gasteiger partial charge on any atom is -0.453 e. The lowest BCUT2D eigenvalue weighted by Crippen LogP contribution is -2.17. The monoisotopic (exact) mass is 582 g/mol. The minimum absolute atomic E-state index is 0.818. The molecule has 0 radical (unpaired) electrons. The molecule has 0 N–H and O–H groups in total. The fourth-order valence-electron chi connectivity index (χ4n) is 6.42. The molecule has 0 atom stereocenters. The van der Waals surface area contributed by atoms with Gasteiger partial charge in [-0.2, -0.15) is 0 Å². The highest BCUT2D eigenvalue weighted by Crippen LogP contribution is 2.53. The van der Waals surface area contributed by atoms with E-state index >= 15 is 0 Å². The van der Waals surface area contributed by atoms with Crippen LogP contribution >= 0.6 is 11.3 Å². The summed E-state index contributed by atoms with van der Waals surface area (Å²) in [7, 11) is 0. The second kappa shape index (κ2) is 10.0. The van der Waals surface area contributed by atoms with Crippen LogP contribution in [0.1, 0.15) is 0 Å². The molecular weight excluding hydrogens is 557 g/mol. The normalized spacial score (nSPS) is 12.2. The van der Waals surface area contributed by atoms with Crippen molar-refractivity contribution in [2.45, 2.75) is 0 Å². The van der Waals surface area contributed by atoms with Crippen LogP contribution in [-0.4, -0.2) is 0 Å². The summed E-state index contributed by atoms with van der Waals surface area (Å²) < 4.78 is 9.23. The van der Waals surface area contributed by atoms with Gasteiger partial charge >= 0.3 is 0 Å². The summed E-state index contributed by atoms with van der Waals surface area (Å²) in [6.45, 7) is 0. The number of anilines is 6. The fourth-order valence-corrected chi connectivity index (χ4v) is 7.56. The quantitative estimate of drug-likeness (QED) is 0.205. The van der Waals surface area contributed by atoms with Gasteiger partial charge in [0.25, 0.3) is 0 Å². The number of benzene rings is 7. The van der Waals surface area contributed by atoms with Gasteiger partial charge in [0.2, 0.25) is 0 Å². The topological polar surface area (TPSA) is 15.7 Å². The zero-order chi connectivity index (χ0) is 29.0. The predicted molar refractivity (Wildman–Crippen MR) is 186 cm³/mol. The van der Waals surface area contributed by atoms with Crippen molar-refractivity contribution in [1.29, 1.82) is 0 Å². The second-order valence-corrected chi connectivity index (χ2v) is 12.1. The maximum Gasteiger partial charge on any atom is 0.153 e. The van der Waals surface area contributed by atoms with Crippen molar-refractivity contribution in [2.24, 2.45) is 0 Å². The van der Waals surface area contributed by atoms with Gasteiger partial charge in [-0.05, 0) is 66.0 Å². The standard InChI is InChI=1S/C40H26N2OS/c1-2-13-28(14-3-1)41(34-18-10-12-27-11-4-5-15-31(27)34)29-22-24-36-38(25-29)43-37-19-8-7-17-35(37)42(36)30-21-23-33-32-16-6-9-20-39(32)44-40(33)26-30/h1-26H. The number of para-hydroxylation sites is 3. The summed E-state index contributed by atoms with van der Waals surface area (Å²) in [5.41, 5.74) is 6.40. The molecule has 0 spiro atoms. The van der Waals surface area contributed by atoms with E-state index in [1.54, 1.807) is 0 Å². The average Bonchev–Trinajstić information content (AvgIpc) is 3.46. The number of fused-ring (bicyclic) bond motifs is 6. The molecule has 8 aromatic rings. The Morgan fingerprint density at radius 2 is 1.20 bits per heavy atom. The zero-order valence-corrected chi connectivity index (χ0v) is 24.5. The summed E-state index contributed by atoms with van der Waals surface area (Å²) in [5, 5.41) is 5.00. The third-order valence-corrected chi connectivity index (χ3v) is 9.54. The highest BCUT2D eigenvalue weighted by molar-refractivity contribution is 7.25. The number of nitrogens with zero attached hydrogens (tertiary/aromatic N) is 2. The zero-order valence-electron chi connectivity index (χ0n) is 23.7. The Bertz CT molecular complexity index is 2340. The maximum absolute atomic E-state index is 6.65. The lowest BCUT2D eigenvalue weighted by atomic mass is 10.1. The fraction of sp³-hybridized carbons (Fsp3) is 0. The molecule has 2 heterocycles. The van der Waals surface area contributed by atoms with Crippen molar-refractivity contribution >= 4 is 76.4 Å². The Hall–Kier alpha value is -5.58. The van der Waals surface area contributed by atoms with Gasteiger partial charge in [0.15, 0.2) is 11.5 Å². The first-order valence-corrected chi connectivity index (χ1v) is 15.6. The highest BCUT2D eigenvalue weighted by atomic mass is 32.1. The molecule has 1 aromatic heterocycles. The van der Waals surface area contributed by atoms with E-state index in [-0.39, 0.29) is 0 Å². The van der Waals surface area contributed by atoms with Crippen LogP contribution in [0.3, 0.4) is 0 Å². The van der Waals surface area contributed by atoms with E-state index in [2.05, 4.69) is 161 Å². The first kappa shape index (κ1) is 25.0. The van der Waals surface area contributed by atoms with Crippen molar-refractivity contribution in [3.05, 3.63) is 158 Å². The Kier molecular flexibility index (Phi) is 5.68. The number of hydrogen-bond acceptors (Lipinski definition) is 4. The molecule has 0 aliphatic carbocycles. The lowest BCUT2D eigenvalue weighted by molar-refractivity contribution is 0.477. The molecule has 0 saturated carbocycles. The molecule has 3 nitrogen and oxygen atoms in total. The summed E-state index contributed by atoms with van der Waals surface area (Å²) in [4.78, 5) is 4.65. The Morgan fingerprint density at radius 3 is 2.14 bits per heavy atom. The SMILES string of the molecule is c1ccc(N(c2ccc3c(c2)Oc2ccccc2N3c2ccc3c(c2)sc2ccccc23)c2cccc3ccccc23)cc1. The summed E-state index contributed by atoms with van der Waals surface area (Å²) >= 11 is 1.84. The molecule has 0 amide bonds. The van der Waals surface area contributed by atoms with Crippen LogP contribution in [0.25, 0.3) is 30.9 Å². The van der Waals surface area contributed by atoms with E-state index in [0.717, 1.165) is 45.6 Å². The van der Waals surface area contributed by atoms with Crippen LogP contribution in [-0.2, 0) is 0 Å². The molecule has 0 fully saturated rings. The van der Waals surface area contributed by atoms with Gasteiger partial charge in [-0.1, -0.05) is 91.0 Å². The van der Waals surface area contributed by atoms with Gasteiger partial charge < -0.3 is 14.5 Å². The summed E-state index contributed by atoms with van der Waals surface area (Å²) in [5.74, 6) is 1.66. The van der Waals surface area contributed by atoms with Crippen LogP contribution in [0.4, 0.5) is 34.1 Å². The van der Waals surface area contributed by atoms with Crippen molar-refractivity contribution in [2.75, 3.05) is 9.80 Å². The van der Waals surface area contributed by atoms with E-state index < -0.39 is 0 Å². The van der Waals surface area contributed by atoms with Gasteiger partial charge in [-0.3, -0.25) is 0 Å². The van der Waals surface area contributed by atoms with Crippen LogP contribution < -0.4 is 14.5 Å². The molecule has 9 rings (SSSR count).